The fourth-order valence-corrected chi connectivity index (χ4v) is 4.57. The second kappa shape index (κ2) is 5.89. The maximum Gasteiger partial charge on any atom is 0.139 e. The molecule has 1 atom stereocenters. The number of fused-ring (bicyclic) bond motifs is 1. The van der Waals surface area contributed by atoms with Gasteiger partial charge in [-0.1, -0.05) is 0 Å². The average Bonchev–Trinajstić information content (AvgIpc) is 3.16. The molecule has 4 heterocycles. The summed E-state index contributed by atoms with van der Waals surface area (Å²) in [4.78, 5) is 7.29. The SMILES string of the molecule is c1cn2cc(CC3CCSC3)nc2cc1N1CCNCC1. The lowest BCUT2D eigenvalue weighted by atomic mass is 10.0. The molecule has 0 amide bonds. The van der Waals surface area contributed by atoms with E-state index in [1.807, 2.05) is 0 Å². The fourth-order valence-electron chi connectivity index (χ4n) is 3.28. The van der Waals surface area contributed by atoms with E-state index in [0.717, 1.165) is 44.2 Å². The van der Waals surface area contributed by atoms with Crippen molar-refractivity contribution >= 4 is 23.1 Å². The van der Waals surface area contributed by atoms with Crippen molar-refractivity contribution in [1.82, 2.24) is 14.7 Å². The number of thioether (sulfide) groups is 1. The van der Waals surface area contributed by atoms with E-state index in [1.165, 1.54) is 29.3 Å². The Morgan fingerprint density at radius 2 is 2.24 bits per heavy atom. The monoisotopic (exact) mass is 302 g/mol. The molecule has 21 heavy (non-hydrogen) atoms. The molecule has 2 aliphatic rings. The van der Waals surface area contributed by atoms with Crippen LogP contribution in [0.3, 0.4) is 0 Å². The molecule has 2 saturated heterocycles. The van der Waals surface area contributed by atoms with Gasteiger partial charge >= 0.3 is 0 Å². The van der Waals surface area contributed by atoms with E-state index < -0.39 is 0 Å². The zero-order valence-corrected chi connectivity index (χ0v) is 13.1. The first-order valence-electron chi connectivity index (χ1n) is 7.89. The van der Waals surface area contributed by atoms with Crippen molar-refractivity contribution in [3.8, 4) is 0 Å². The minimum absolute atomic E-state index is 0.826. The third-order valence-corrected chi connectivity index (χ3v) is 5.73. The van der Waals surface area contributed by atoms with Crippen molar-refractivity contribution in [2.24, 2.45) is 5.92 Å². The zero-order valence-electron chi connectivity index (χ0n) is 12.3. The van der Waals surface area contributed by atoms with Crippen LogP contribution in [-0.4, -0.2) is 47.1 Å². The molecule has 0 aromatic carbocycles. The number of nitrogens with one attached hydrogen (secondary N) is 1. The van der Waals surface area contributed by atoms with E-state index in [0.29, 0.717) is 0 Å². The van der Waals surface area contributed by atoms with Gasteiger partial charge in [0.1, 0.15) is 5.65 Å². The Morgan fingerprint density at radius 3 is 3.05 bits per heavy atom. The molecule has 4 rings (SSSR count). The van der Waals surface area contributed by atoms with Crippen molar-refractivity contribution in [3.05, 3.63) is 30.2 Å². The van der Waals surface area contributed by atoms with E-state index in [9.17, 15) is 0 Å². The molecule has 2 fully saturated rings. The van der Waals surface area contributed by atoms with Gasteiger partial charge in [0.25, 0.3) is 0 Å². The molecule has 0 radical (unpaired) electrons. The first-order chi connectivity index (χ1) is 10.4. The van der Waals surface area contributed by atoms with Crippen LogP contribution in [0, 0.1) is 5.92 Å². The van der Waals surface area contributed by atoms with Crippen LogP contribution in [0.25, 0.3) is 5.65 Å². The van der Waals surface area contributed by atoms with Crippen LogP contribution in [-0.2, 0) is 6.42 Å². The summed E-state index contributed by atoms with van der Waals surface area (Å²) < 4.78 is 2.17. The number of aromatic nitrogens is 2. The highest BCUT2D eigenvalue weighted by atomic mass is 32.2. The van der Waals surface area contributed by atoms with Gasteiger partial charge < -0.3 is 14.6 Å². The molecule has 0 spiro atoms. The Kier molecular flexibility index (Phi) is 3.78. The summed E-state index contributed by atoms with van der Waals surface area (Å²) in [6.45, 7) is 4.32. The Bertz CT molecular complexity index is 612. The summed E-state index contributed by atoms with van der Waals surface area (Å²) in [5, 5.41) is 3.40. The summed E-state index contributed by atoms with van der Waals surface area (Å²) in [5.41, 5.74) is 3.64. The average molecular weight is 302 g/mol. The minimum Gasteiger partial charge on any atom is -0.369 e. The van der Waals surface area contributed by atoms with E-state index in [4.69, 9.17) is 4.98 Å². The van der Waals surface area contributed by atoms with Crippen molar-refractivity contribution in [2.45, 2.75) is 12.8 Å². The van der Waals surface area contributed by atoms with Crippen LogP contribution in [0.1, 0.15) is 12.1 Å². The molecular formula is C16H22N4S. The molecule has 0 aliphatic carbocycles. The lowest BCUT2D eigenvalue weighted by molar-refractivity contribution is 0.588. The van der Waals surface area contributed by atoms with Crippen molar-refractivity contribution in [1.29, 1.82) is 0 Å². The molecule has 0 bridgehead atoms. The Balaban J connectivity index is 1.55. The number of anilines is 1. The second-order valence-corrected chi connectivity index (χ2v) is 7.20. The number of hydrogen-bond donors (Lipinski definition) is 1. The van der Waals surface area contributed by atoms with Crippen LogP contribution in [0.15, 0.2) is 24.5 Å². The zero-order chi connectivity index (χ0) is 14.1. The highest BCUT2D eigenvalue weighted by molar-refractivity contribution is 7.99. The van der Waals surface area contributed by atoms with Gasteiger partial charge in [-0.25, -0.2) is 4.98 Å². The number of piperazine rings is 1. The molecule has 1 unspecified atom stereocenters. The first-order valence-corrected chi connectivity index (χ1v) is 9.05. The Morgan fingerprint density at radius 1 is 1.33 bits per heavy atom. The van der Waals surface area contributed by atoms with Crippen molar-refractivity contribution in [2.75, 3.05) is 42.6 Å². The maximum absolute atomic E-state index is 4.84. The van der Waals surface area contributed by atoms with Crippen LogP contribution in [0.2, 0.25) is 0 Å². The van der Waals surface area contributed by atoms with Gasteiger partial charge in [-0.05, 0) is 36.3 Å². The predicted molar refractivity (Wildman–Crippen MR) is 89.4 cm³/mol. The fraction of sp³-hybridized carbons (Fsp3) is 0.562. The van der Waals surface area contributed by atoms with Gasteiger partial charge in [0.15, 0.2) is 0 Å². The molecule has 5 heteroatoms. The number of pyridine rings is 1. The van der Waals surface area contributed by atoms with Gasteiger partial charge in [0, 0.05) is 50.3 Å². The highest BCUT2D eigenvalue weighted by Gasteiger charge is 2.18. The highest BCUT2D eigenvalue weighted by Crippen LogP contribution is 2.27. The number of rotatable bonds is 3. The number of nitrogens with zero attached hydrogens (tertiary/aromatic N) is 3. The second-order valence-electron chi connectivity index (χ2n) is 6.05. The number of hydrogen-bond acceptors (Lipinski definition) is 4. The van der Waals surface area contributed by atoms with Gasteiger partial charge in [-0.3, -0.25) is 0 Å². The quantitative estimate of drug-likeness (QED) is 0.940. The topological polar surface area (TPSA) is 32.6 Å². The van der Waals surface area contributed by atoms with Gasteiger partial charge in [-0.2, -0.15) is 11.8 Å². The first kappa shape index (κ1) is 13.5. The normalized spacial score (nSPS) is 23.0. The van der Waals surface area contributed by atoms with E-state index in [1.54, 1.807) is 0 Å². The van der Waals surface area contributed by atoms with Crippen LogP contribution in [0.4, 0.5) is 5.69 Å². The summed E-state index contributed by atoms with van der Waals surface area (Å²) >= 11 is 2.08. The molecule has 0 saturated carbocycles. The van der Waals surface area contributed by atoms with Gasteiger partial charge in [-0.15, -0.1) is 0 Å². The lowest BCUT2D eigenvalue weighted by Gasteiger charge is -2.29. The standard InChI is InChI=1S/C16H22N4S/c1-5-20-11-14(9-13-2-8-21-12-13)18-16(20)10-15(1)19-6-3-17-4-7-19/h1,5,10-11,13,17H,2-4,6-9,12H2. The Hall–Kier alpha value is -1.20. The third-order valence-electron chi connectivity index (χ3n) is 4.50. The molecular weight excluding hydrogens is 280 g/mol. The summed E-state index contributed by atoms with van der Waals surface area (Å²) in [7, 11) is 0. The van der Waals surface area contributed by atoms with E-state index >= 15 is 0 Å². The van der Waals surface area contributed by atoms with Crippen LogP contribution >= 0.6 is 11.8 Å². The lowest BCUT2D eigenvalue weighted by Crippen LogP contribution is -2.43. The molecule has 112 valence electrons. The summed E-state index contributed by atoms with van der Waals surface area (Å²) in [6, 6.07) is 4.45. The largest absolute Gasteiger partial charge is 0.369 e. The summed E-state index contributed by atoms with van der Waals surface area (Å²) in [6.07, 6.45) is 6.86. The smallest absolute Gasteiger partial charge is 0.139 e. The molecule has 2 aromatic rings. The molecule has 4 nitrogen and oxygen atoms in total. The van der Waals surface area contributed by atoms with E-state index in [2.05, 4.69) is 50.9 Å². The third kappa shape index (κ3) is 2.90. The maximum atomic E-state index is 4.84. The van der Waals surface area contributed by atoms with Gasteiger partial charge in [0.2, 0.25) is 0 Å². The van der Waals surface area contributed by atoms with E-state index in [-0.39, 0.29) is 0 Å². The van der Waals surface area contributed by atoms with Crippen molar-refractivity contribution < 1.29 is 0 Å². The van der Waals surface area contributed by atoms with Crippen LogP contribution < -0.4 is 10.2 Å². The minimum atomic E-state index is 0.826. The summed E-state index contributed by atoms with van der Waals surface area (Å²) in [5.74, 6) is 3.46. The van der Waals surface area contributed by atoms with Crippen molar-refractivity contribution in [3.63, 3.8) is 0 Å². The molecule has 1 N–H and O–H groups in total. The predicted octanol–water partition coefficient (Wildman–Crippen LogP) is 2.04. The van der Waals surface area contributed by atoms with Crippen LogP contribution in [0.5, 0.6) is 0 Å². The van der Waals surface area contributed by atoms with Gasteiger partial charge in [0.05, 0.1) is 5.69 Å². The molecule has 2 aliphatic heterocycles. The number of imidazole rings is 1. The Labute approximate surface area is 129 Å². The molecule has 2 aromatic heterocycles.